The van der Waals surface area contributed by atoms with Gasteiger partial charge in [-0.3, -0.25) is 19.3 Å². The third-order valence-electron chi connectivity index (χ3n) is 3.16. The smallest absolute Gasteiger partial charge is 0.258 e. The Morgan fingerprint density at radius 2 is 1.95 bits per heavy atom. The predicted octanol–water partition coefficient (Wildman–Crippen LogP) is 1.48. The van der Waals surface area contributed by atoms with Crippen molar-refractivity contribution in [3.8, 4) is 0 Å². The van der Waals surface area contributed by atoms with E-state index in [-0.39, 0.29) is 11.8 Å². The number of hydrogen-bond donors (Lipinski definition) is 1. The van der Waals surface area contributed by atoms with Crippen LogP contribution in [0.25, 0.3) is 0 Å². The van der Waals surface area contributed by atoms with Gasteiger partial charge in [0.2, 0.25) is 12.3 Å². The van der Waals surface area contributed by atoms with Gasteiger partial charge in [-0.15, -0.1) is 0 Å². The van der Waals surface area contributed by atoms with Crippen LogP contribution in [0.5, 0.6) is 0 Å². The summed E-state index contributed by atoms with van der Waals surface area (Å²) in [6.07, 6.45) is 4.15. The molecule has 21 heavy (non-hydrogen) atoms. The molecule has 0 aromatic carbocycles. The van der Waals surface area contributed by atoms with E-state index >= 15 is 0 Å². The summed E-state index contributed by atoms with van der Waals surface area (Å²) in [5.74, 6) is -0.260. The minimum absolute atomic E-state index is 0.0114. The molecule has 0 radical (unpaired) electrons. The van der Waals surface area contributed by atoms with Gasteiger partial charge >= 0.3 is 0 Å². The van der Waals surface area contributed by atoms with Gasteiger partial charge in [-0.1, -0.05) is 20.3 Å². The van der Waals surface area contributed by atoms with Crippen molar-refractivity contribution < 1.29 is 19.1 Å². The zero-order valence-electron chi connectivity index (χ0n) is 13.4. The van der Waals surface area contributed by atoms with Crippen LogP contribution in [0.15, 0.2) is 0 Å². The molecule has 0 aromatic rings. The maximum Gasteiger partial charge on any atom is 0.258 e. The SMILES string of the molecule is CCCOC(CC)C(=O)N(C=O)CCCCCC(=O)NC. The van der Waals surface area contributed by atoms with Gasteiger partial charge in [0.15, 0.2) is 0 Å². The van der Waals surface area contributed by atoms with Crippen LogP contribution in [-0.2, 0) is 19.1 Å². The first kappa shape index (κ1) is 19.6. The minimum Gasteiger partial charge on any atom is -0.368 e. The first-order chi connectivity index (χ1) is 10.1. The lowest BCUT2D eigenvalue weighted by atomic mass is 10.1. The van der Waals surface area contributed by atoms with Crippen LogP contribution in [0, 0.1) is 0 Å². The Morgan fingerprint density at radius 1 is 1.24 bits per heavy atom. The Balaban J connectivity index is 4.09. The van der Waals surface area contributed by atoms with Gasteiger partial charge in [0, 0.05) is 26.6 Å². The molecule has 0 aliphatic rings. The van der Waals surface area contributed by atoms with Crippen molar-refractivity contribution in [2.75, 3.05) is 20.2 Å². The van der Waals surface area contributed by atoms with Crippen molar-refractivity contribution in [1.82, 2.24) is 10.2 Å². The molecule has 3 amide bonds. The quantitative estimate of drug-likeness (QED) is 0.437. The molecule has 0 spiro atoms. The summed E-state index contributed by atoms with van der Waals surface area (Å²) in [6, 6.07) is 0. The summed E-state index contributed by atoms with van der Waals surface area (Å²) >= 11 is 0. The highest BCUT2D eigenvalue weighted by atomic mass is 16.5. The Morgan fingerprint density at radius 3 is 2.48 bits per heavy atom. The zero-order chi connectivity index (χ0) is 16.1. The highest BCUT2D eigenvalue weighted by Gasteiger charge is 2.22. The molecule has 0 rings (SSSR count). The van der Waals surface area contributed by atoms with Crippen molar-refractivity contribution in [1.29, 1.82) is 0 Å². The Hall–Kier alpha value is -1.43. The highest BCUT2D eigenvalue weighted by Crippen LogP contribution is 2.07. The Labute approximate surface area is 127 Å². The van der Waals surface area contributed by atoms with Crippen LogP contribution in [0.3, 0.4) is 0 Å². The zero-order valence-corrected chi connectivity index (χ0v) is 13.4. The van der Waals surface area contributed by atoms with Gasteiger partial charge in [0.05, 0.1) is 0 Å². The van der Waals surface area contributed by atoms with E-state index in [2.05, 4.69) is 5.32 Å². The van der Waals surface area contributed by atoms with Crippen LogP contribution in [0.1, 0.15) is 52.4 Å². The molecule has 0 heterocycles. The molecule has 1 atom stereocenters. The number of nitrogens with zero attached hydrogens (tertiary/aromatic N) is 1. The lowest BCUT2D eigenvalue weighted by Gasteiger charge is -2.21. The van der Waals surface area contributed by atoms with Gasteiger partial charge in [-0.25, -0.2) is 0 Å². The number of carbonyl (C=O) groups is 3. The molecular weight excluding hydrogens is 272 g/mol. The van der Waals surface area contributed by atoms with Crippen molar-refractivity contribution >= 4 is 18.2 Å². The second kappa shape index (κ2) is 12.3. The number of nitrogens with one attached hydrogen (secondary N) is 1. The number of imide groups is 1. The largest absolute Gasteiger partial charge is 0.368 e. The number of amides is 3. The van der Waals surface area contributed by atoms with Gasteiger partial charge in [-0.2, -0.15) is 0 Å². The van der Waals surface area contributed by atoms with Crippen LogP contribution in [0.2, 0.25) is 0 Å². The molecule has 122 valence electrons. The maximum atomic E-state index is 12.1. The molecule has 6 nitrogen and oxygen atoms in total. The van der Waals surface area contributed by atoms with E-state index in [1.165, 1.54) is 4.90 Å². The number of rotatable bonds is 12. The van der Waals surface area contributed by atoms with Gasteiger partial charge in [0.25, 0.3) is 5.91 Å². The topological polar surface area (TPSA) is 75.7 Å². The normalized spacial score (nSPS) is 11.8. The molecule has 0 aromatic heterocycles. The molecule has 0 saturated carbocycles. The van der Waals surface area contributed by atoms with Crippen molar-refractivity contribution in [3.05, 3.63) is 0 Å². The second-order valence-corrected chi connectivity index (χ2v) is 4.89. The van der Waals surface area contributed by atoms with Gasteiger partial charge in [0.1, 0.15) is 6.10 Å². The number of unbranched alkanes of at least 4 members (excludes halogenated alkanes) is 2. The third kappa shape index (κ3) is 8.45. The second-order valence-electron chi connectivity index (χ2n) is 4.89. The summed E-state index contributed by atoms with van der Waals surface area (Å²) < 4.78 is 5.46. The summed E-state index contributed by atoms with van der Waals surface area (Å²) in [6.45, 7) is 4.73. The van der Waals surface area contributed by atoms with Crippen molar-refractivity contribution in [3.63, 3.8) is 0 Å². The molecule has 0 bridgehead atoms. The van der Waals surface area contributed by atoms with E-state index < -0.39 is 6.10 Å². The predicted molar refractivity (Wildman–Crippen MR) is 80.6 cm³/mol. The molecule has 1 N–H and O–H groups in total. The van der Waals surface area contributed by atoms with E-state index in [0.717, 1.165) is 19.3 Å². The molecule has 0 fully saturated rings. The number of ether oxygens (including phenoxy) is 1. The van der Waals surface area contributed by atoms with E-state index in [1.54, 1.807) is 7.05 Å². The standard InChI is InChI=1S/C15H28N2O4/c1-4-11-21-13(5-2)15(20)17(12-18)10-8-6-7-9-14(19)16-3/h12-13H,4-11H2,1-3H3,(H,16,19). The van der Waals surface area contributed by atoms with E-state index in [9.17, 15) is 14.4 Å². The fraction of sp³-hybridized carbons (Fsp3) is 0.800. The highest BCUT2D eigenvalue weighted by molar-refractivity contribution is 5.89. The molecule has 6 heteroatoms. The van der Waals surface area contributed by atoms with Crippen molar-refractivity contribution in [2.45, 2.75) is 58.5 Å². The van der Waals surface area contributed by atoms with Crippen molar-refractivity contribution in [2.24, 2.45) is 0 Å². The van der Waals surface area contributed by atoms with Crippen LogP contribution in [-0.4, -0.2) is 49.4 Å². The summed E-state index contributed by atoms with van der Waals surface area (Å²) in [7, 11) is 1.61. The molecule has 0 aliphatic heterocycles. The summed E-state index contributed by atoms with van der Waals surface area (Å²) in [5.41, 5.74) is 0. The first-order valence-electron chi connectivity index (χ1n) is 7.68. The minimum atomic E-state index is -0.541. The molecular formula is C15H28N2O4. The number of hydrogen-bond acceptors (Lipinski definition) is 4. The Kier molecular flexibility index (Phi) is 11.5. The Bertz CT molecular complexity index is 321. The average Bonchev–Trinajstić information content (AvgIpc) is 2.51. The first-order valence-corrected chi connectivity index (χ1v) is 7.68. The fourth-order valence-corrected chi connectivity index (χ4v) is 1.89. The molecule has 1 unspecified atom stereocenters. The van der Waals surface area contributed by atoms with E-state index in [1.807, 2.05) is 13.8 Å². The van der Waals surface area contributed by atoms with E-state index in [0.29, 0.717) is 38.8 Å². The third-order valence-corrected chi connectivity index (χ3v) is 3.16. The average molecular weight is 300 g/mol. The van der Waals surface area contributed by atoms with Gasteiger partial charge < -0.3 is 10.1 Å². The van der Waals surface area contributed by atoms with E-state index in [4.69, 9.17) is 4.74 Å². The number of carbonyl (C=O) groups excluding carboxylic acids is 3. The monoisotopic (exact) mass is 300 g/mol. The summed E-state index contributed by atoms with van der Waals surface area (Å²) in [4.78, 5) is 35.4. The van der Waals surface area contributed by atoms with Crippen LogP contribution >= 0.6 is 0 Å². The molecule has 0 saturated heterocycles. The fourth-order valence-electron chi connectivity index (χ4n) is 1.89. The maximum absolute atomic E-state index is 12.1. The van der Waals surface area contributed by atoms with Gasteiger partial charge in [-0.05, 0) is 25.7 Å². The summed E-state index contributed by atoms with van der Waals surface area (Å²) in [5, 5.41) is 2.56. The molecule has 0 aliphatic carbocycles. The lowest BCUT2D eigenvalue weighted by molar-refractivity contribution is -0.148. The van der Waals surface area contributed by atoms with Crippen LogP contribution < -0.4 is 5.32 Å². The lowest BCUT2D eigenvalue weighted by Crippen LogP contribution is -2.40. The van der Waals surface area contributed by atoms with Crippen LogP contribution in [0.4, 0.5) is 0 Å².